The van der Waals surface area contributed by atoms with Gasteiger partial charge in [0.1, 0.15) is 0 Å². The van der Waals surface area contributed by atoms with E-state index in [9.17, 15) is 4.79 Å². The molecule has 2 N–H and O–H groups in total. The first kappa shape index (κ1) is 12.6. The highest BCUT2D eigenvalue weighted by molar-refractivity contribution is 5.76. The predicted octanol–water partition coefficient (Wildman–Crippen LogP) is 1.28. The molecule has 0 spiro atoms. The van der Waals surface area contributed by atoms with E-state index >= 15 is 0 Å². The van der Waals surface area contributed by atoms with Crippen LogP contribution in [0.1, 0.15) is 25.2 Å². The van der Waals surface area contributed by atoms with Crippen molar-refractivity contribution in [3.8, 4) is 0 Å². The lowest BCUT2D eigenvalue weighted by Crippen LogP contribution is -2.28. The fourth-order valence-electron chi connectivity index (χ4n) is 1.54. The number of hydrogen-bond donors (Lipinski definition) is 1. The highest BCUT2D eigenvalue weighted by atomic mass is 16.5. The molecule has 1 aromatic rings. The largest absolute Gasteiger partial charge is 0.469 e. The number of carbonyl (C=O) groups is 1. The van der Waals surface area contributed by atoms with Crippen LogP contribution in [0.15, 0.2) is 18.2 Å². The van der Waals surface area contributed by atoms with Crippen LogP contribution in [-0.4, -0.2) is 18.1 Å². The smallest absolute Gasteiger partial charge is 0.311 e. The molecule has 0 unspecified atom stereocenters. The summed E-state index contributed by atoms with van der Waals surface area (Å²) < 4.78 is 4.75. The third kappa shape index (κ3) is 3.03. The van der Waals surface area contributed by atoms with Gasteiger partial charge < -0.3 is 10.5 Å². The van der Waals surface area contributed by atoms with Crippen LogP contribution >= 0.6 is 0 Å². The average Bonchev–Trinajstić information content (AvgIpc) is 2.27. The number of aromatic nitrogens is 1. The van der Waals surface area contributed by atoms with Crippen molar-refractivity contribution in [1.82, 2.24) is 4.98 Å². The summed E-state index contributed by atoms with van der Waals surface area (Å²) in [5.74, 6) is -0.229. The fraction of sp³-hybridized carbons (Fsp3) is 0.500. The van der Waals surface area contributed by atoms with Gasteiger partial charge in [0.25, 0.3) is 0 Å². The van der Waals surface area contributed by atoms with Crippen molar-refractivity contribution in [3.63, 3.8) is 0 Å². The zero-order chi connectivity index (χ0) is 12.2. The molecule has 0 saturated heterocycles. The molecule has 0 bridgehead atoms. The van der Waals surface area contributed by atoms with Gasteiger partial charge in [-0.25, -0.2) is 0 Å². The molecule has 0 amide bonds. The minimum Gasteiger partial charge on any atom is -0.469 e. The lowest BCUT2D eigenvalue weighted by Gasteiger charge is -2.20. The Balaban J connectivity index is 2.83. The average molecular weight is 222 g/mol. The molecule has 4 heteroatoms. The summed E-state index contributed by atoms with van der Waals surface area (Å²) in [5.41, 5.74) is 6.64. The first-order valence-corrected chi connectivity index (χ1v) is 5.23. The minimum atomic E-state index is -0.561. The number of carbonyl (C=O) groups excluding carboxylic acids is 1. The number of rotatable bonds is 4. The lowest BCUT2D eigenvalue weighted by atomic mass is 9.87. The minimum absolute atomic E-state index is 0.229. The summed E-state index contributed by atoms with van der Waals surface area (Å²) in [6.07, 6.45) is 0.549. The predicted molar refractivity (Wildman–Crippen MR) is 61.6 cm³/mol. The first-order chi connectivity index (χ1) is 7.49. The van der Waals surface area contributed by atoms with E-state index in [1.807, 2.05) is 32.0 Å². The Hall–Kier alpha value is -1.42. The number of esters is 1. The van der Waals surface area contributed by atoms with E-state index in [1.54, 1.807) is 0 Å². The van der Waals surface area contributed by atoms with Crippen molar-refractivity contribution in [2.24, 2.45) is 11.1 Å². The van der Waals surface area contributed by atoms with Gasteiger partial charge in [-0.1, -0.05) is 6.07 Å². The molecule has 1 aromatic heterocycles. The van der Waals surface area contributed by atoms with Crippen LogP contribution < -0.4 is 5.73 Å². The molecule has 0 saturated carbocycles. The van der Waals surface area contributed by atoms with E-state index in [0.717, 1.165) is 11.4 Å². The molecule has 1 rings (SSSR count). The van der Waals surface area contributed by atoms with E-state index in [0.29, 0.717) is 13.0 Å². The van der Waals surface area contributed by atoms with Crippen molar-refractivity contribution < 1.29 is 9.53 Å². The van der Waals surface area contributed by atoms with Gasteiger partial charge in [-0.15, -0.1) is 0 Å². The highest BCUT2D eigenvalue weighted by Crippen LogP contribution is 2.22. The molecule has 16 heavy (non-hydrogen) atoms. The molecular formula is C12H18N2O2. The van der Waals surface area contributed by atoms with Crippen molar-refractivity contribution in [1.29, 1.82) is 0 Å². The lowest BCUT2D eigenvalue weighted by molar-refractivity contribution is -0.150. The van der Waals surface area contributed by atoms with Crippen molar-refractivity contribution in [3.05, 3.63) is 29.6 Å². The Bertz CT molecular complexity index is 375. The van der Waals surface area contributed by atoms with Crippen LogP contribution in [0.5, 0.6) is 0 Å². The van der Waals surface area contributed by atoms with E-state index in [2.05, 4.69) is 4.98 Å². The van der Waals surface area contributed by atoms with Gasteiger partial charge in [0.15, 0.2) is 0 Å². The van der Waals surface area contributed by atoms with Crippen LogP contribution in [0, 0.1) is 5.41 Å². The molecular weight excluding hydrogens is 204 g/mol. The Labute approximate surface area is 95.8 Å². The number of pyridine rings is 1. The first-order valence-electron chi connectivity index (χ1n) is 5.23. The van der Waals surface area contributed by atoms with Gasteiger partial charge in [-0.3, -0.25) is 9.78 Å². The van der Waals surface area contributed by atoms with Crippen LogP contribution in [-0.2, 0) is 22.5 Å². The summed E-state index contributed by atoms with van der Waals surface area (Å²) in [7, 11) is 1.40. The zero-order valence-corrected chi connectivity index (χ0v) is 9.99. The van der Waals surface area contributed by atoms with Gasteiger partial charge in [0.2, 0.25) is 0 Å². The summed E-state index contributed by atoms with van der Waals surface area (Å²) >= 11 is 0. The normalized spacial score (nSPS) is 11.2. The summed E-state index contributed by atoms with van der Waals surface area (Å²) in [6, 6.07) is 5.66. The Kier molecular flexibility index (Phi) is 4.01. The molecule has 0 aliphatic heterocycles. The van der Waals surface area contributed by atoms with E-state index in [4.69, 9.17) is 10.5 Å². The van der Waals surface area contributed by atoms with Crippen LogP contribution in [0.4, 0.5) is 0 Å². The fourth-order valence-corrected chi connectivity index (χ4v) is 1.54. The van der Waals surface area contributed by atoms with Gasteiger partial charge in [0, 0.05) is 18.7 Å². The third-order valence-corrected chi connectivity index (χ3v) is 2.43. The molecule has 0 aliphatic carbocycles. The van der Waals surface area contributed by atoms with E-state index < -0.39 is 5.41 Å². The van der Waals surface area contributed by atoms with Crippen LogP contribution in [0.3, 0.4) is 0 Å². The molecule has 88 valence electrons. The van der Waals surface area contributed by atoms with Crippen LogP contribution in [0.25, 0.3) is 0 Å². The molecule has 0 aliphatic rings. The molecule has 0 fully saturated rings. The Morgan fingerprint density at radius 3 is 2.62 bits per heavy atom. The van der Waals surface area contributed by atoms with Gasteiger partial charge in [-0.2, -0.15) is 0 Å². The molecule has 1 heterocycles. The maximum absolute atomic E-state index is 11.5. The topological polar surface area (TPSA) is 65.2 Å². The quantitative estimate of drug-likeness (QED) is 0.779. The highest BCUT2D eigenvalue weighted by Gasteiger charge is 2.29. The van der Waals surface area contributed by atoms with Gasteiger partial charge in [-0.05, 0) is 26.0 Å². The van der Waals surface area contributed by atoms with Gasteiger partial charge >= 0.3 is 5.97 Å². The molecule has 0 atom stereocenters. The monoisotopic (exact) mass is 222 g/mol. The molecule has 0 aromatic carbocycles. The number of nitrogens with two attached hydrogens (primary N) is 1. The second-order valence-corrected chi connectivity index (χ2v) is 4.38. The van der Waals surface area contributed by atoms with E-state index in [-0.39, 0.29) is 5.97 Å². The van der Waals surface area contributed by atoms with Crippen molar-refractivity contribution >= 4 is 5.97 Å². The number of nitrogens with zero attached hydrogens (tertiary/aromatic N) is 1. The Morgan fingerprint density at radius 1 is 1.44 bits per heavy atom. The van der Waals surface area contributed by atoms with Crippen LogP contribution in [0.2, 0.25) is 0 Å². The van der Waals surface area contributed by atoms with Gasteiger partial charge in [0.05, 0.1) is 18.2 Å². The summed E-state index contributed by atoms with van der Waals surface area (Å²) in [6.45, 7) is 4.09. The van der Waals surface area contributed by atoms with Crippen molar-refractivity contribution in [2.75, 3.05) is 7.11 Å². The standard InChI is InChI=1S/C12H18N2O2/c1-12(2,11(15)16-3)7-9-5-4-6-10(8-13)14-9/h4-6H,7-8,13H2,1-3H3. The number of ether oxygens (including phenoxy) is 1. The molecule has 4 nitrogen and oxygen atoms in total. The Morgan fingerprint density at radius 2 is 2.06 bits per heavy atom. The number of methoxy groups -OCH3 is 1. The van der Waals surface area contributed by atoms with E-state index in [1.165, 1.54) is 7.11 Å². The second-order valence-electron chi connectivity index (χ2n) is 4.38. The summed E-state index contributed by atoms with van der Waals surface area (Å²) in [4.78, 5) is 15.9. The third-order valence-electron chi connectivity index (χ3n) is 2.43. The SMILES string of the molecule is COC(=O)C(C)(C)Cc1cccc(CN)n1. The second kappa shape index (κ2) is 5.07. The maximum atomic E-state index is 11.5. The number of hydrogen-bond acceptors (Lipinski definition) is 4. The zero-order valence-electron chi connectivity index (χ0n) is 9.99. The maximum Gasteiger partial charge on any atom is 0.311 e. The van der Waals surface area contributed by atoms with Crippen molar-refractivity contribution in [2.45, 2.75) is 26.8 Å². The summed E-state index contributed by atoms with van der Waals surface area (Å²) in [5, 5.41) is 0. The molecule has 0 radical (unpaired) electrons.